The van der Waals surface area contributed by atoms with Gasteiger partial charge in [0.2, 0.25) is 0 Å². The minimum Gasteiger partial charge on any atom is -0.444 e. The van der Waals surface area contributed by atoms with Crippen LogP contribution in [0.2, 0.25) is 0 Å². The van der Waals surface area contributed by atoms with Crippen LogP contribution in [-0.2, 0) is 11.3 Å². The predicted molar refractivity (Wildman–Crippen MR) is 81.7 cm³/mol. The fourth-order valence-electron chi connectivity index (χ4n) is 1.74. The van der Waals surface area contributed by atoms with Crippen molar-refractivity contribution >= 4 is 28.6 Å². The van der Waals surface area contributed by atoms with Crippen molar-refractivity contribution in [3.05, 3.63) is 65.7 Å². The number of halogens is 1. The second-order valence-electron chi connectivity index (χ2n) is 4.42. The first-order chi connectivity index (χ1) is 10.1. The zero-order chi connectivity index (χ0) is 15.2. The lowest BCUT2D eigenvalue weighted by Crippen LogP contribution is -2.26. The van der Waals surface area contributed by atoms with Crippen LogP contribution < -0.4 is 4.90 Å². The highest BCUT2D eigenvalue weighted by Crippen LogP contribution is 2.16. The molecule has 0 bridgehead atoms. The number of amides is 1. The highest BCUT2D eigenvalue weighted by molar-refractivity contribution is 6.67. The van der Waals surface area contributed by atoms with Crippen LogP contribution in [-0.4, -0.2) is 18.4 Å². The molecule has 2 aromatic rings. The molecule has 1 amide bonds. The molecule has 0 spiro atoms. The monoisotopic (exact) mass is 303 g/mol. The van der Waals surface area contributed by atoms with Gasteiger partial charge in [0.1, 0.15) is 6.61 Å². The van der Waals surface area contributed by atoms with Crippen LogP contribution in [0.15, 0.2) is 54.6 Å². The van der Waals surface area contributed by atoms with E-state index in [9.17, 15) is 9.59 Å². The Balaban J connectivity index is 1.97. The average molecular weight is 304 g/mol. The molecule has 4 nitrogen and oxygen atoms in total. The summed E-state index contributed by atoms with van der Waals surface area (Å²) in [5.74, 6) is 0. The number of carbonyl (C=O) groups excluding carboxylic acids is 2. The van der Waals surface area contributed by atoms with E-state index >= 15 is 0 Å². The Bertz CT molecular complexity index is 626. The molecule has 0 fully saturated rings. The van der Waals surface area contributed by atoms with Gasteiger partial charge in [0.15, 0.2) is 0 Å². The number of carbonyl (C=O) groups is 2. The van der Waals surface area contributed by atoms with Gasteiger partial charge in [-0.3, -0.25) is 9.69 Å². The first kappa shape index (κ1) is 15.1. The number of anilines is 1. The fraction of sp³-hybridized carbons (Fsp3) is 0.125. The van der Waals surface area contributed by atoms with Crippen molar-refractivity contribution in [2.75, 3.05) is 11.9 Å². The zero-order valence-corrected chi connectivity index (χ0v) is 12.2. The second-order valence-corrected chi connectivity index (χ2v) is 4.76. The topological polar surface area (TPSA) is 46.6 Å². The summed E-state index contributed by atoms with van der Waals surface area (Å²) in [6.07, 6.45) is -0.469. The van der Waals surface area contributed by atoms with Gasteiger partial charge < -0.3 is 4.74 Å². The zero-order valence-electron chi connectivity index (χ0n) is 11.5. The van der Waals surface area contributed by atoms with Gasteiger partial charge >= 0.3 is 6.09 Å². The molecule has 2 rings (SSSR count). The lowest BCUT2D eigenvalue weighted by molar-refractivity contribution is 0.108. The van der Waals surface area contributed by atoms with E-state index in [0.29, 0.717) is 11.3 Å². The van der Waals surface area contributed by atoms with E-state index in [1.165, 1.54) is 4.90 Å². The van der Waals surface area contributed by atoms with Gasteiger partial charge in [0, 0.05) is 18.3 Å². The Kier molecular flexibility index (Phi) is 4.95. The van der Waals surface area contributed by atoms with Gasteiger partial charge in [0.25, 0.3) is 5.24 Å². The van der Waals surface area contributed by atoms with E-state index in [-0.39, 0.29) is 6.61 Å². The van der Waals surface area contributed by atoms with Crippen molar-refractivity contribution < 1.29 is 14.3 Å². The number of nitrogens with zero attached hydrogens (tertiary/aromatic N) is 1. The number of rotatable bonds is 4. The molecule has 21 heavy (non-hydrogen) atoms. The van der Waals surface area contributed by atoms with Crippen LogP contribution in [0.1, 0.15) is 15.9 Å². The molecule has 0 unspecified atom stereocenters. The van der Waals surface area contributed by atoms with Crippen molar-refractivity contribution in [3.8, 4) is 0 Å². The smallest absolute Gasteiger partial charge is 0.414 e. The second kappa shape index (κ2) is 6.90. The molecule has 0 N–H and O–H groups in total. The standard InChI is InChI=1S/C16H14ClNO3/c1-18(14-9-7-13(8-10-14)15(17)19)16(20)21-11-12-5-3-2-4-6-12/h2-10H,11H2,1H3. The summed E-state index contributed by atoms with van der Waals surface area (Å²) in [7, 11) is 1.60. The molecule has 0 aromatic heterocycles. The quantitative estimate of drug-likeness (QED) is 0.806. The summed E-state index contributed by atoms with van der Waals surface area (Å²) in [4.78, 5) is 24.3. The number of hydrogen-bond acceptors (Lipinski definition) is 3. The third-order valence-electron chi connectivity index (χ3n) is 2.96. The van der Waals surface area contributed by atoms with Gasteiger partial charge in [0.05, 0.1) is 0 Å². The molecule has 5 heteroatoms. The Morgan fingerprint density at radius 3 is 2.24 bits per heavy atom. The number of benzene rings is 2. The maximum absolute atomic E-state index is 11.9. The predicted octanol–water partition coefficient (Wildman–Crippen LogP) is 3.84. The molecule has 0 radical (unpaired) electrons. The Labute approximate surface area is 127 Å². The summed E-state index contributed by atoms with van der Waals surface area (Å²) in [6.45, 7) is 0.211. The van der Waals surface area contributed by atoms with Gasteiger partial charge in [-0.25, -0.2) is 4.79 Å². The molecular formula is C16H14ClNO3. The Morgan fingerprint density at radius 1 is 1.05 bits per heavy atom. The van der Waals surface area contributed by atoms with Crippen LogP contribution in [0.4, 0.5) is 10.5 Å². The summed E-state index contributed by atoms with van der Waals surface area (Å²) < 4.78 is 5.22. The van der Waals surface area contributed by atoms with Crippen molar-refractivity contribution in [1.29, 1.82) is 0 Å². The highest BCUT2D eigenvalue weighted by Gasteiger charge is 2.13. The molecule has 0 atom stereocenters. The molecule has 0 aliphatic rings. The average Bonchev–Trinajstić information content (AvgIpc) is 2.53. The van der Waals surface area contributed by atoms with Crippen LogP contribution in [0.5, 0.6) is 0 Å². The van der Waals surface area contributed by atoms with Crippen molar-refractivity contribution in [1.82, 2.24) is 0 Å². The van der Waals surface area contributed by atoms with E-state index < -0.39 is 11.3 Å². The van der Waals surface area contributed by atoms with Gasteiger partial charge in [-0.15, -0.1) is 0 Å². The van der Waals surface area contributed by atoms with Gasteiger partial charge in [-0.2, -0.15) is 0 Å². The van der Waals surface area contributed by atoms with E-state index in [4.69, 9.17) is 16.3 Å². The van der Waals surface area contributed by atoms with Crippen LogP contribution in [0.3, 0.4) is 0 Å². The summed E-state index contributed by atoms with van der Waals surface area (Å²) in [5.41, 5.74) is 1.92. The van der Waals surface area contributed by atoms with Crippen molar-refractivity contribution in [3.63, 3.8) is 0 Å². The highest BCUT2D eigenvalue weighted by atomic mass is 35.5. The van der Waals surface area contributed by atoms with Gasteiger partial charge in [-0.05, 0) is 41.4 Å². The molecule has 0 saturated carbocycles. The third kappa shape index (κ3) is 4.07. The third-order valence-corrected chi connectivity index (χ3v) is 3.18. The molecule has 0 saturated heterocycles. The molecule has 0 aliphatic carbocycles. The minimum atomic E-state index is -0.532. The van der Waals surface area contributed by atoms with Crippen LogP contribution in [0, 0.1) is 0 Å². The van der Waals surface area contributed by atoms with Crippen LogP contribution >= 0.6 is 11.6 Å². The van der Waals surface area contributed by atoms with Crippen molar-refractivity contribution in [2.45, 2.75) is 6.61 Å². The number of ether oxygens (including phenoxy) is 1. The molecule has 108 valence electrons. The number of hydrogen-bond donors (Lipinski definition) is 0. The molecule has 2 aromatic carbocycles. The summed E-state index contributed by atoms with van der Waals surface area (Å²) >= 11 is 5.37. The normalized spacial score (nSPS) is 10.0. The largest absolute Gasteiger partial charge is 0.444 e. The first-order valence-electron chi connectivity index (χ1n) is 6.32. The lowest BCUT2D eigenvalue weighted by Gasteiger charge is -2.17. The maximum atomic E-state index is 11.9. The molecular weight excluding hydrogens is 290 g/mol. The molecule has 0 heterocycles. The van der Waals surface area contributed by atoms with E-state index in [0.717, 1.165) is 5.56 Å². The Hall–Kier alpha value is -2.33. The summed E-state index contributed by atoms with van der Waals surface area (Å²) in [5, 5.41) is -0.532. The minimum absolute atomic E-state index is 0.211. The first-order valence-corrected chi connectivity index (χ1v) is 6.70. The van der Waals surface area contributed by atoms with Crippen molar-refractivity contribution in [2.24, 2.45) is 0 Å². The fourth-order valence-corrected chi connectivity index (χ4v) is 1.86. The van der Waals surface area contributed by atoms with Gasteiger partial charge in [-0.1, -0.05) is 30.3 Å². The summed E-state index contributed by atoms with van der Waals surface area (Å²) in [6, 6.07) is 15.8. The Morgan fingerprint density at radius 2 is 1.67 bits per heavy atom. The van der Waals surface area contributed by atoms with E-state index in [2.05, 4.69) is 0 Å². The van der Waals surface area contributed by atoms with E-state index in [1.807, 2.05) is 30.3 Å². The van der Waals surface area contributed by atoms with E-state index in [1.54, 1.807) is 31.3 Å². The maximum Gasteiger partial charge on any atom is 0.414 e. The SMILES string of the molecule is CN(C(=O)OCc1ccccc1)c1ccc(C(=O)Cl)cc1. The lowest BCUT2D eigenvalue weighted by atomic mass is 10.2. The molecule has 0 aliphatic heterocycles. The van der Waals surface area contributed by atoms with Crippen LogP contribution in [0.25, 0.3) is 0 Å².